The van der Waals surface area contributed by atoms with Gasteiger partial charge in [-0.2, -0.15) is 13.2 Å². The quantitative estimate of drug-likeness (QED) is 0.546. The lowest BCUT2D eigenvalue weighted by atomic mass is 10.2. The molecule has 0 aliphatic rings. The average molecular weight is 314 g/mol. The topological polar surface area (TPSA) is 40.6 Å². The second-order valence-electron chi connectivity index (χ2n) is 3.82. The lowest BCUT2D eigenvalue weighted by molar-refractivity contribution is -0.137. The number of alkyl halides is 3. The number of halogens is 4. The highest BCUT2D eigenvalue weighted by Crippen LogP contribution is 2.32. The molecule has 0 amide bonds. The lowest BCUT2D eigenvalue weighted by Crippen LogP contribution is -2.11. The Kier molecular flexibility index (Phi) is 7.04. The number of hydrogen-bond acceptors (Lipinski definition) is 4. The number of pyridine rings is 1. The maximum absolute atomic E-state index is 12.5. The van der Waals surface area contributed by atoms with Gasteiger partial charge in [-0.05, 0) is 12.5 Å². The van der Waals surface area contributed by atoms with E-state index < -0.39 is 11.7 Å². The molecule has 4 nitrogen and oxygen atoms in total. The van der Waals surface area contributed by atoms with Crippen molar-refractivity contribution in [3.8, 4) is 5.88 Å². The smallest absolute Gasteiger partial charge is 0.416 e. The molecule has 0 spiro atoms. The van der Waals surface area contributed by atoms with Crippen LogP contribution in [0.2, 0.25) is 5.15 Å². The van der Waals surface area contributed by atoms with Crippen molar-refractivity contribution in [3.05, 3.63) is 22.8 Å². The van der Waals surface area contributed by atoms with E-state index in [-0.39, 0.29) is 24.2 Å². The van der Waals surface area contributed by atoms with Crippen molar-refractivity contribution in [3.63, 3.8) is 0 Å². The summed E-state index contributed by atoms with van der Waals surface area (Å²) in [5.74, 6) is -0.176. The van der Waals surface area contributed by atoms with E-state index >= 15 is 0 Å². The van der Waals surface area contributed by atoms with Crippen LogP contribution in [0.25, 0.3) is 0 Å². The molecule has 0 fully saturated rings. The third-order valence-corrected chi connectivity index (χ3v) is 2.41. The van der Waals surface area contributed by atoms with Gasteiger partial charge in [-0.15, -0.1) is 0 Å². The second kappa shape index (κ2) is 8.28. The van der Waals surface area contributed by atoms with Crippen LogP contribution in [0.5, 0.6) is 5.88 Å². The molecule has 0 N–H and O–H groups in total. The number of methoxy groups -OCH3 is 1. The molecule has 1 aromatic heterocycles. The first-order valence-electron chi connectivity index (χ1n) is 5.87. The van der Waals surface area contributed by atoms with Crippen LogP contribution >= 0.6 is 11.6 Å². The van der Waals surface area contributed by atoms with Gasteiger partial charge >= 0.3 is 6.18 Å². The van der Waals surface area contributed by atoms with E-state index in [4.69, 9.17) is 25.8 Å². The van der Waals surface area contributed by atoms with Crippen LogP contribution in [0.15, 0.2) is 12.1 Å². The zero-order valence-electron chi connectivity index (χ0n) is 10.9. The Morgan fingerprint density at radius 2 is 1.90 bits per heavy atom. The van der Waals surface area contributed by atoms with Crippen LogP contribution in [0.1, 0.15) is 12.0 Å². The SMILES string of the molecule is COCCCOCCOc1cc(C(F)(F)F)cc(Cl)n1. The van der Waals surface area contributed by atoms with Crippen molar-refractivity contribution in [2.24, 2.45) is 0 Å². The Balaban J connectivity index is 2.39. The number of hydrogen-bond donors (Lipinski definition) is 0. The minimum atomic E-state index is -4.48. The van der Waals surface area contributed by atoms with Crippen molar-refractivity contribution in [2.45, 2.75) is 12.6 Å². The van der Waals surface area contributed by atoms with Gasteiger partial charge in [0.05, 0.1) is 12.2 Å². The molecule has 1 rings (SSSR count). The molecule has 0 saturated heterocycles. The van der Waals surface area contributed by atoms with Crippen molar-refractivity contribution in [1.82, 2.24) is 4.98 Å². The molecule has 0 aliphatic carbocycles. The Morgan fingerprint density at radius 3 is 2.55 bits per heavy atom. The van der Waals surface area contributed by atoms with Gasteiger partial charge in [-0.1, -0.05) is 11.6 Å². The molecular formula is C12H15ClF3NO3. The van der Waals surface area contributed by atoms with Crippen molar-refractivity contribution in [1.29, 1.82) is 0 Å². The van der Waals surface area contributed by atoms with Crippen LogP contribution in [0.4, 0.5) is 13.2 Å². The monoisotopic (exact) mass is 313 g/mol. The Labute approximate surface area is 119 Å². The molecular weight excluding hydrogens is 299 g/mol. The molecule has 0 atom stereocenters. The highest BCUT2D eigenvalue weighted by atomic mass is 35.5. The first kappa shape index (κ1) is 17.0. The van der Waals surface area contributed by atoms with Gasteiger partial charge in [0.1, 0.15) is 11.8 Å². The predicted octanol–water partition coefficient (Wildman–Crippen LogP) is 3.19. The van der Waals surface area contributed by atoms with E-state index in [1.54, 1.807) is 7.11 Å². The van der Waals surface area contributed by atoms with Crippen LogP contribution in [-0.4, -0.2) is 38.5 Å². The Morgan fingerprint density at radius 1 is 1.15 bits per heavy atom. The summed E-state index contributed by atoms with van der Waals surface area (Å²) in [6, 6.07) is 1.55. The van der Waals surface area contributed by atoms with Crippen LogP contribution in [0.3, 0.4) is 0 Å². The normalized spacial score (nSPS) is 11.7. The standard InChI is InChI=1S/C12H15ClF3NO3/c1-18-3-2-4-19-5-6-20-11-8-9(12(14,15)16)7-10(13)17-11/h7-8H,2-6H2,1H3. The Hall–Kier alpha value is -1.05. The maximum atomic E-state index is 12.5. The summed E-state index contributed by atoms with van der Waals surface area (Å²) in [5, 5.41) is -0.268. The number of ether oxygens (including phenoxy) is 3. The van der Waals surface area contributed by atoms with E-state index in [9.17, 15) is 13.2 Å². The molecule has 1 heterocycles. The summed E-state index contributed by atoms with van der Waals surface area (Å²) >= 11 is 5.52. The van der Waals surface area contributed by atoms with Gasteiger partial charge in [0.25, 0.3) is 0 Å². The van der Waals surface area contributed by atoms with Crippen LogP contribution < -0.4 is 4.74 Å². The van der Waals surface area contributed by atoms with E-state index in [2.05, 4.69) is 4.98 Å². The third-order valence-electron chi connectivity index (χ3n) is 2.21. The number of nitrogens with zero attached hydrogens (tertiary/aromatic N) is 1. The molecule has 8 heteroatoms. The first-order chi connectivity index (χ1) is 9.43. The summed E-state index contributed by atoms with van der Waals surface area (Å²) in [6.07, 6.45) is -3.74. The fraction of sp³-hybridized carbons (Fsp3) is 0.583. The molecule has 0 saturated carbocycles. The van der Waals surface area contributed by atoms with Crippen LogP contribution in [0, 0.1) is 0 Å². The third kappa shape index (κ3) is 6.40. The van der Waals surface area contributed by atoms with Gasteiger partial charge < -0.3 is 14.2 Å². The van der Waals surface area contributed by atoms with Crippen LogP contribution in [-0.2, 0) is 15.7 Å². The van der Waals surface area contributed by atoms with Gasteiger partial charge in [-0.25, -0.2) is 4.98 Å². The fourth-order valence-electron chi connectivity index (χ4n) is 1.32. The van der Waals surface area contributed by atoms with E-state index in [1.165, 1.54) is 0 Å². The Bertz CT molecular complexity index is 415. The number of aromatic nitrogens is 1. The van der Waals surface area contributed by atoms with Crippen molar-refractivity contribution in [2.75, 3.05) is 33.5 Å². The molecule has 0 bridgehead atoms. The van der Waals surface area contributed by atoms with E-state index in [0.29, 0.717) is 13.2 Å². The van der Waals surface area contributed by atoms with E-state index in [1.807, 2.05) is 0 Å². The van der Waals surface area contributed by atoms with Crippen molar-refractivity contribution < 1.29 is 27.4 Å². The molecule has 0 aliphatic heterocycles. The molecule has 0 aromatic carbocycles. The summed E-state index contributed by atoms with van der Waals surface area (Å²) in [7, 11) is 1.59. The second-order valence-corrected chi connectivity index (χ2v) is 4.21. The first-order valence-corrected chi connectivity index (χ1v) is 6.25. The van der Waals surface area contributed by atoms with Crippen molar-refractivity contribution >= 4 is 11.6 Å². The average Bonchev–Trinajstić information content (AvgIpc) is 2.36. The molecule has 0 radical (unpaired) electrons. The predicted molar refractivity (Wildman–Crippen MR) is 67.1 cm³/mol. The number of rotatable bonds is 8. The molecule has 1 aromatic rings. The summed E-state index contributed by atoms with van der Waals surface area (Å²) in [5.41, 5.74) is -0.895. The van der Waals surface area contributed by atoms with E-state index in [0.717, 1.165) is 18.6 Å². The largest absolute Gasteiger partial charge is 0.475 e. The summed E-state index contributed by atoms with van der Waals surface area (Å²) in [4.78, 5) is 3.66. The van der Waals surface area contributed by atoms with Gasteiger partial charge in [-0.3, -0.25) is 0 Å². The maximum Gasteiger partial charge on any atom is 0.416 e. The molecule has 0 unspecified atom stereocenters. The van der Waals surface area contributed by atoms with Gasteiger partial charge in [0.2, 0.25) is 5.88 Å². The molecule has 114 valence electrons. The summed E-state index contributed by atoms with van der Waals surface area (Å²) < 4.78 is 52.7. The zero-order chi connectivity index (χ0) is 15.0. The zero-order valence-corrected chi connectivity index (χ0v) is 11.6. The fourth-order valence-corrected chi connectivity index (χ4v) is 1.52. The summed E-state index contributed by atoms with van der Waals surface area (Å²) in [6.45, 7) is 1.43. The lowest BCUT2D eigenvalue weighted by Gasteiger charge is -2.10. The van der Waals surface area contributed by atoms with Gasteiger partial charge in [0, 0.05) is 26.4 Å². The van der Waals surface area contributed by atoms with Gasteiger partial charge in [0.15, 0.2) is 0 Å². The minimum absolute atomic E-state index is 0.0949. The highest BCUT2D eigenvalue weighted by molar-refractivity contribution is 6.29. The molecule has 20 heavy (non-hydrogen) atoms. The highest BCUT2D eigenvalue weighted by Gasteiger charge is 2.31. The minimum Gasteiger partial charge on any atom is -0.475 e.